The molecule has 142 valence electrons. The second-order valence-electron chi connectivity index (χ2n) is 6.80. The van der Waals surface area contributed by atoms with Gasteiger partial charge in [-0.15, -0.1) is 0 Å². The van der Waals surface area contributed by atoms with E-state index in [0.29, 0.717) is 6.42 Å². The minimum absolute atomic E-state index is 0.127. The van der Waals surface area contributed by atoms with Crippen molar-refractivity contribution in [1.82, 2.24) is 9.66 Å². The van der Waals surface area contributed by atoms with Crippen molar-refractivity contribution >= 4 is 5.91 Å². The number of carbonyl (C=O) groups is 1. The summed E-state index contributed by atoms with van der Waals surface area (Å²) in [7, 11) is 0. The van der Waals surface area contributed by atoms with Crippen molar-refractivity contribution in [2.24, 2.45) is 0 Å². The van der Waals surface area contributed by atoms with Crippen LogP contribution in [0.2, 0.25) is 0 Å². The minimum atomic E-state index is -0.457. The van der Waals surface area contributed by atoms with E-state index < -0.39 is 5.69 Å². The number of rotatable bonds is 15. The van der Waals surface area contributed by atoms with Crippen LogP contribution in [-0.2, 0) is 4.79 Å². The first kappa shape index (κ1) is 21.4. The number of unbranched alkanes of at least 4 members (excludes halogenated alkanes) is 12. The SMILES string of the molecule is CCCCCCCCCCCCCCCC(=O)Nn1cccnc1=O. The van der Waals surface area contributed by atoms with Crippen LogP contribution in [-0.4, -0.2) is 15.6 Å². The Balaban J connectivity index is 1.88. The largest absolute Gasteiger partial charge is 0.366 e. The zero-order valence-electron chi connectivity index (χ0n) is 15.8. The number of hydrogen-bond acceptors (Lipinski definition) is 3. The van der Waals surface area contributed by atoms with Gasteiger partial charge in [0.1, 0.15) is 0 Å². The lowest BCUT2D eigenvalue weighted by molar-refractivity contribution is -0.117. The van der Waals surface area contributed by atoms with Crippen molar-refractivity contribution in [2.45, 2.75) is 96.8 Å². The van der Waals surface area contributed by atoms with Crippen molar-refractivity contribution in [1.29, 1.82) is 0 Å². The highest BCUT2D eigenvalue weighted by Crippen LogP contribution is 2.12. The van der Waals surface area contributed by atoms with Gasteiger partial charge in [0.15, 0.2) is 0 Å². The Kier molecular flexibility index (Phi) is 12.6. The van der Waals surface area contributed by atoms with Gasteiger partial charge >= 0.3 is 5.69 Å². The zero-order chi connectivity index (χ0) is 18.2. The van der Waals surface area contributed by atoms with Crippen molar-refractivity contribution < 1.29 is 4.79 Å². The molecule has 1 aromatic heterocycles. The fraction of sp³-hybridized carbons (Fsp3) is 0.750. The molecule has 1 aromatic rings. The summed E-state index contributed by atoms with van der Waals surface area (Å²) in [6.45, 7) is 2.26. The highest BCUT2D eigenvalue weighted by atomic mass is 16.2. The molecule has 0 aromatic carbocycles. The number of carbonyl (C=O) groups excluding carboxylic acids is 1. The predicted molar refractivity (Wildman–Crippen MR) is 103 cm³/mol. The molecule has 0 saturated carbocycles. The second-order valence-corrected chi connectivity index (χ2v) is 6.80. The van der Waals surface area contributed by atoms with Gasteiger partial charge in [0.2, 0.25) is 5.91 Å². The Morgan fingerprint density at radius 2 is 1.44 bits per heavy atom. The van der Waals surface area contributed by atoms with Crippen LogP contribution >= 0.6 is 0 Å². The second kappa shape index (κ2) is 14.7. The van der Waals surface area contributed by atoms with Gasteiger partial charge in [-0.05, 0) is 12.5 Å². The topological polar surface area (TPSA) is 64.0 Å². The Morgan fingerprint density at radius 1 is 0.920 bits per heavy atom. The average molecular weight is 350 g/mol. The summed E-state index contributed by atoms with van der Waals surface area (Å²) in [6.07, 6.45) is 20.1. The molecule has 0 aliphatic carbocycles. The van der Waals surface area contributed by atoms with Crippen LogP contribution in [0.3, 0.4) is 0 Å². The van der Waals surface area contributed by atoms with E-state index in [9.17, 15) is 9.59 Å². The third-order valence-corrected chi connectivity index (χ3v) is 4.46. The first-order valence-electron chi connectivity index (χ1n) is 10.1. The molecule has 0 aliphatic rings. The molecule has 25 heavy (non-hydrogen) atoms. The van der Waals surface area contributed by atoms with E-state index in [1.54, 1.807) is 6.07 Å². The lowest BCUT2D eigenvalue weighted by Crippen LogP contribution is -2.33. The van der Waals surface area contributed by atoms with Crippen LogP contribution in [0.15, 0.2) is 23.3 Å². The Labute approximate surface area is 152 Å². The number of nitrogens with one attached hydrogen (secondary N) is 1. The summed E-state index contributed by atoms with van der Waals surface area (Å²) < 4.78 is 1.13. The highest BCUT2D eigenvalue weighted by molar-refractivity contribution is 5.83. The molecule has 0 unspecified atom stereocenters. The third kappa shape index (κ3) is 11.5. The van der Waals surface area contributed by atoms with Crippen molar-refractivity contribution in [3.8, 4) is 0 Å². The highest BCUT2D eigenvalue weighted by Gasteiger charge is 2.03. The lowest BCUT2D eigenvalue weighted by atomic mass is 10.0. The molecule has 1 rings (SSSR count). The summed E-state index contributed by atoms with van der Waals surface area (Å²) in [5.41, 5.74) is 2.10. The van der Waals surface area contributed by atoms with Gasteiger partial charge in [-0.3, -0.25) is 10.2 Å². The minimum Gasteiger partial charge on any atom is -0.273 e. The van der Waals surface area contributed by atoms with Gasteiger partial charge in [0, 0.05) is 18.8 Å². The van der Waals surface area contributed by atoms with Crippen molar-refractivity contribution in [2.75, 3.05) is 5.43 Å². The lowest BCUT2D eigenvalue weighted by Gasteiger charge is -2.06. The van der Waals surface area contributed by atoms with Gasteiger partial charge in [-0.1, -0.05) is 84.0 Å². The van der Waals surface area contributed by atoms with Crippen molar-refractivity contribution in [3.05, 3.63) is 28.9 Å². The van der Waals surface area contributed by atoms with Crippen molar-refractivity contribution in [3.63, 3.8) is 0 Å². The molecular weight excluding hydrogens is 314 g/mol. The van der Waals surface area contributed by atoms with Gasteiger partial charge in [-0.25, -0.2) is 14.5 Å². The normalized spacial score (nSPS) is 10.8. The monoisotopic (exact) mass is 349 g/mol. The number of nitrogens with zero attached hydrogens (tertiary/aromatic N) is 2. The maximum Gasteiger partial charge on any atom is 0.366 e. The smallest absolute Gasteiger partial charge is 0.273 e. The van der Waals surface area contributed by atoms with Crippen LogP contribution < -0.4 is 11.1 Å². The molecule has 0 saturated heterocycles. The molecule has 0 aliphatic heterocycles. The summed E-state index contributed by atoms with van der Waals surface area (Å²) in [5.74, 6) is -0.127. The molecule has 0 bridgehead atoms. The fourth-order valence-electron chi connectivity index (χ4n) is 2.94. The molecule has 5 nitrogen and oxygen atoms in total. The van der Waals surface area contributed by atoms with E-state index in [1.165, 1.54) is 83.0 Å². The maximum atomic E-state index is 11.8. The van der Waals surface area contributed by atoms with E-state index >= 15 is 0 Å². The van der Waals surface area contributed by atoms with Gasteiger partial charge in [-0.2, -0.15) is 0 Å². The Hall–Kier alpha value is -1.65. The van der Waals surface area contributed by atoms with Gasteiger partial charge < -0.3 is 0 Å². The van der Waals surface area contributed by atoms with E-state index in [0.717, 1.165) is 17.5 Å². The van der Waals surface area contributed by atoms with E-state index in [4.69, 9.17) is 0 Å². The van der Waals surface area contributed by atoms with Gasteiger partial charge in [0.05, 0.1) is 0 Å². The summed E-state index contributed by atoms with van der Waals surface area (Å²) in [6, 6.07) is 1.62. The summed E-state index contributed by atoms with van der Waals surface area (Å²) in [4.78, 5) is 26.7. The molecular formula is C20H35N3O2. The third-order valence-electron chi connectivity index (χ3n) is 4.46. The Morgan fingerprint density at radius 3 is 1.96 bits per heavy atom. The molecule has 0 fully saturated rings. The molecule has 1 amide bonds. The average Bonchev–Trinajstić information content (AvgIpc) is 2.61. The Bertz CT molecular complexity index is 514. The number of hydrogen-bond donors (Lipinski definition) is 1. The van der Waals surface area contributed by atoms with E-state index in [2.05, 4.69) is 17.3 Å². The fourth-order valence-corrected chi connectivity index (χ4v) is 2.94. The summed E-state index contributed by atoms with van der Waals surface area (Å²) >= 11 is 0. The molecule has 1 heterocycles. The van der Waals surface area contributed by atoms with E-state index in [-0.39, 0.29) is 5.91 Å². The van der Waals surface area contributed by atoms with Crippen LogP contribution in [0.5, 0.6) is 0 Å². The van der Waals surface area contributed by atoms with Gasteiger partial charge in [0.25, 0.3) is 0 Å². The van der Waals surface area contributed by atoms with Crippen LogP contribution in [0.25, 0.3) is 0 Å². The molecule has 0 atom stereocenters. The van der Waals surface area contributed by atoms with Crippen LogP contribution in [0, 0.1) is 0 Å². The first-order valence-corrected chi connectivity index (χ1v) is 10.1. The standard InChI is InChI=1S/C20H35N3O2/c1-2-3-4-5-6-7-8-9-10-11-12-13-14-16-19(24)22-23-18-15-17-21-20(23)25/h15,17-18H,2-14,16H2,1H3,(H,22,24). The van der Waals surface area contributed by atoms with Crippen LogP contribution in [0.1, 0.15) is 96.8 Å². The molecule has 5 heteroatoms. The van der Waals surface area contributed by atoms with E-state index in [1.807, 2.05) is 0 Å². The molecule has 0 radical (unpaired) electrons. The number of aromatic nitrogens is 2. The molecule has 1 N–H and O–H groups in total. The molecule has 0 spiro atoms. The maximum absolute atomic E-state index is 11.8. The zero-order valence-corrected chi connectivity index (χ0v) is 15.8. The summed E-state index contributed by atoms with van der Waals surface area (Å²) in [5, 5.41) is 0. The quantitative estimate of drug-likeness (QED) is 0.463. The predicted octanol–water partition coefficient (Wildman–Crippen LogP) is 4.79. The number of amides is 1. The van der Waals surface area contributed by atoms with Crippen LogP contribution in [0.4, 0.5) is 0 Å². The first-order chi connectivity index (χ1) is 12.2.